The summed E-state index contributed by atoms with van der Waals surface area (Å²) in [7, 11) is 0. The van der Waals surface area contributed by atoms with Gasteiger partial charge >= 0.3 is 0 Å². The molecule has 2 aliphatic heterocycles. The topological polar surface area (TPSA) is 38.5 Å². The summed E-state index contributed by atoms with van der Waals surface area (Å²) in [5, 5.41) is 0. The van der Waals surface area contributed by atoms with Crippen LogP contribution in [0.15, 0.2) is 0 Å². The Labute approximate surface area is 80.2 Å². The van der Waals surface area contributed by atoms with Gasteiger partial charge in [-0.25, -0.2) is 0 Å². The maximum Gasteiger partial charge on any atom is 0.0637 e. The van der Waals surface area contributed by atoms with E-state index in [4.69, 9.17) is 10.5 Å². The zero-order valence-corrected chi connectivity index (χ0v) is 8.41. The first-order valence-electron chi connectivity index (χ1n) is 5.38. The van der Waals surface area contributed by atoms with Crippen molar-refractivity contribution in [2.45, 2.75) is 44.3 Å². The van der Waals surface area contributed by atoms with Crippen molar-refractivity contribution in [1.82, 2.24) is 4.90 Å². The lowest BCUT2D eigenvalue weighted by Crippen LogP contribution is -2.54. The van der Waals surface area contributed by atoms with Crippen LogP contribution >= 0.6 is 0 Å². The average molecular weight is 184 g/mol. The second kappa shape index (κ2) is 3.95. The molecule has 0 radical (unpaired) electrons. The van der Waals surface area contributed by atoms with E-state index < -0.39 is 0 Å². The third kappa shape index (κ3) is 1.87. The van der Waals surface area contributed by atoms with Crippen LogP contribution in [0.3, 0.4) is 0 Å². The molecule has 0 bridgehead atoms. The molecular weight excluding hydrogens is 164 g/mol. The second-order valence-electron chi connectivity index (χ2n) is 4.32. The van der Waals surface area contributed by atoms with Gasteiger partial charge in [-0.3, -0.25) is 4.90 Å². The molecule has 0 spiro atoms. The van der Waals surface area contributed by atoms with Gasteiger partial charge < -0.3 is 10.5 Å². The lowest BCUT2D eigenvalue weighted by molar-refractivity contribution is 0.00328. The normalized spacial score (nSPS) is 42.5. The smallest absolute Gasteiger partial charge is 0.0637 e. The summed E-state index contributed by atoms with van der Waals surface area (Å²) in [6.07, 6.45) is 3.67. The maximum absolute atomic E-state index is 6.10. The van der Waals surface area contributed by atoms with Crippen LogP contribution in [0.2, 0.25) is 0 Å². The third-order valence-corrected chi connectivity index (χ3v) is 3.41. The first-order chi connectivity index (χ1) is 6.29. The number of rotatable bonds is 1. The fourth-order valence-corrected chi connectivity index (χ4v) is 2.53. The van der Waals surface area contributed by atoms with Crippen LogP contribution in [0.5, 0.6) is 0 Å². The lowest BCUT2D eigenvalue weighted by Gasteiger charge is -2.38. The van der Waals surface area contributed by atoms with Crippen molar-refractivity contribution < 1.29 is 4.74 Å². The minimum atomic E-state index is 0.328. The Morgan fingerprint density at radius 2 is 2.23 bits per heavy atom. The zero-order valence-electron chi connectivity index (χ0n) is 8.41. The van der Waals surface area contributed by atoms with Crippen molar-refractivity contribution in [2.24, 2.45) is 5.73 Å². The zero-order chi connectivity index (χ0) is 9.26. The minimum Gasteiger partial charge on any atom is -0.380 e. The Morgan fingerprint density at radius 3 is 2.85 bits per heavy atom. The summed E-state index contributed by atoms with van der Waals surface area (Å²) in [5.41, 5.74) is 6.10. The van der Waals surface area contributed by atoms with Crippen molar-refractivity contribution in [3.63, 3.8) is 0 Å². The molecule has 2 saturated heterocycles. The highest BCUT2D eigenvalue weighted by Crippen LogP contribution is 2.23. The van der Waals surface area contributed by atoms with E-state index in [1.54, 1.807) is 0 Å². The molecule has 13 heavy (non-hydrogen) atoms. The van der Waals surface area contributed by atoms with Crippen LogP contribution in [0.1, 0.15) is 26.2 Å². The predicted molar refractivity (Wildman–Crippen MR) is 52.6 cm³/mol. The van der Waals surface area contributed by atoms with Gasteiger partial charge in [0.1, 0.15) is 0 Å². The van der Waals surface area contributed by atoms with E-state index in [0.717, 1.165) is 19.6 Å². The van der Waals surface area contributed by atoms with Gasteiger partial charge in [0.15, 0.2) is 0 Å². The van der Waals surface area contributed by atoms with Gasteiger partial charge in [0.05, 0.1) is 6.61 Å². The molecule has 3 nitrogen and oxygen atoms in total. The third-order valence-electron chi connectivity index (χ3n) is 3.41. The number of ether oxygens (including phenoxy) is 1. The van der Waals surface area contributed by atoms with E-state index in [-0.39, 0.29) is 0 Å². The van der Waals surface area contributed by atoms with Crippen molar-refractivity contribution in [1.29, 1.82) is 0 Å². The molecule has 2 rings (SSSR count). The molecule has 3 unspecified atom stereocenters. The van der Waals surface area contributed by atoms with Crippen LogP contribution in [0, 0.1) is 0 Å². The Bertz CT molecular complexity index is 174. The number of hydrogen-bond acceptors (Lipinski definition) is 3. The van der Waals surface area contributed by atoms with Crippen LogP contribution in [-0.2, 0) is 4.74 Å². The SMILES string of the molecule is CC1CCCN1C1COCCC1N. The van der Waals surface area contributed by atoms with Crippen molar-refractivity contribution >= 4 is 0 Å². The molecule has 2 fully saturated rings. The van der Waals surface area contributed by atoms with Crippen LogP contribution in [-0.4, -0.2) is 42.8 Å². The van der Waals surface area contributed by atoms with Gasteiger partial charge in [0.25, 0.3) is 0 Å². The molecule has 76 valence electrons. The van der Waals surface area contributed by atoms with Gasteiger partial charge in [-0.15, -0.1) is 0 Å². The van der Waals surface area contributed by atoms with E-state index >= 15 is 0 Å². The Hall–Kier alpha value is -0.120. The first-order valence-corrected chi connectivity index (χ1v) is 5.38. The summed E-state index contributed by atoms with van der Waals surface area (Å²) < 4.78 is 5.49. The lowest BCUT2D eigenvalue weighted by atomic mass is 10.0. The van der Waals surface area contributed by atoms with Crippen LogP contribution in [0.25, 0.3) is 0 Å². The van der Waals surface area contributed by atoms with Gasteiger partial charge in [-0.1, -0.05) is 0 Å². The van der Waals surface area contributed by atoms with Crippen molar-refractivity contribution in [2.75, 3.05) is 19.8 Å². The predicted octanol–water partition coefficient (Wildman–Crippen LogP) is 0.587. The van der Waals surface area contributed by atoms with E-state index in [2.05, 4.69) is 11.8 Å². The number of nitrogens with zero attached hydrogens (tertiary/aromatic N) is 1. The molecule has 0 saturated carbocycles. The maximum atomic E-state index is 6.10. The van der Waals surface area contributed by atoms with Gasteiger partial charge in [0.2, 0.25) is 0 Å². The van der Waals surface area contributed by atoms with E-state index in [1.807, 2.05) is 0 Å². The Morgan fingerprint density at radius 1 is 1.38 bits per heavy atom. The van der Waals surface area contributed by atoms with E-state index in [0.29, 0.717) is 18.1 Å². The fraction of sp³-hybridized carbons (Fsp3) is 1.00. The van der Waals surface area contributed by atoms with Gasteiger partial charge in [0, 0.05) is 24.7 Å². The molecule has 2 N–H and O–H groups in total. The largest absolute Gasteiger partial charge is 0.380 e. The number of nitrogens with two attached hydrogens (primary N) is 1. The molecule has 3 heteroatoms. The molecule has 2 aliphatic rings. The Balaban J connectivity index is 1.97. The summed E-state index contributed by atoms with van der Waals surface area (Å²) in [6, 6.07) is 1.51. The van der Waals surface area contributed by atoms with Crippen LogP contribution in [0.4, 0.5) is 0 Å². The highest BCUT2D eigenvalue weighted by Gasteiger charge is 2.33. The molecular formula is C10H20N2O. The van der Waals surface area contributed by atoms with E-state index in [9.17, 15) is 0 Å². The number of likely N-dealkylation sites (tertiary alicyclic amines) is 1. The standard InChI is InChI=1S/C10H20N2O/c1-8-3-2-5-12(8)10-7-13-6-4-9(10)11/h8-10H,2-7,11H2,1H3. The molecule has 0 aromatic rings. The summed E-state index contributed by atoms with van der Waals surface area (Å²) >= 11 is 0. The van der Waals surface area contributed by atoms with Gasteiger partial charge in [-0.05, 0) is 32.7 Å². The molecule has 2 heterocycles. The summed E-state index contributed by atoms with van der Waals surface area (Å²) in [4.78, 5) is 2.53. The molecule has 0 aromatic carbocycles. The molecule has 3 atom stereocenters. The van der Waals surface area contributed by atoms with Crippen molar-refractivity contribution in [3.8, 4) is 0 Å². The highest BCUT2D eigenvalue weighted by atomic mass is 16.5. The average Bonchev–Trinajstić information content (AvgIpc) is 2.52. The minimum absolute atomic E-state index is 0.328. The first kappa shape index (κ1) is 9.44. The van der Waals surface area contributed by atoms with E-state index in [1.165, 1.54) is 19.4 Å². The summed E-state index contributed by atoms with van der Waals surface area (Å²) in [6.45, 7) is 5.20. The highest BCUT2D eigenvalue weighted by molar-refractivity contribution is 4.90. The second-order valence-corrected chi connectivity index (χ2v) is 4.32. The molecule has 0 aliphatic carbocycles. The van der Waals surface area contributed by atoms with Crippen LogP contribution < -0.4 is 5.73 Å². The molecule has 0 amide bonds. The monoisotopic (exact) mass is 184 g/mol. The molecule has 0 aromatic heterocycles. The Kier molecular flexibility index (Phi) is 2.86. The van der Waals surface area contributed by atoms with Crippen molar-refractivity contribution in [3.05, 3.63) is 0 Å². The quantitative estimate of drug-likeness (QED) is 0.648. The number of hydrogen-bond donors (Lipinski definition) is 1. The van der Waals surface area contributed by atoms with Gasteiger partial charge in [-0.2, -0.15) is 0 Å². The fourth-order valence-electron chi connectivity index (χ4n) is 2.53. The summed E-state index contributed by atoms with van der Waals surface area (Å²) in [5.74, 6) is 0.